The van der Waals surface area contributed by atoms with Gasteiger partial charge >= 0.3 is 0 Å². The summed E-state index contributed by atoms with van der Waals surface area (Å²) in [7, 11) is 0. The van der Waals surface area contributed by atoms with Gasteiger partial charge < -0.3 is 10.2 Å². The minimum absolute atomic E-state index is 0.163. The van der Waals surface area contributed by atoms with Crippen LogP contribution in [0.3, 0.4) is 0 Å². The first kappa shape index (κ1) is 17.4. The van der Waals surface area contributed by atoms with Crippen molar-refractivity contribution in [1.82, 2.24) is 9.97 Å². The van der Waals surface area contributed by atoms with Crippen molar-refractivity contribution >= 4 is 28.3 Å². The highest BCUT2D eigenvalue weighted by atomic mass is 16.1. The van der Waals surface area contributed by atoms with Crippen molar-refractivity contribution < 1.29 is 4.79 Å². The van der Waals surface area contributed by atoms with E-state index in [-0.39, 0.29) is 5.91 Å². The summed E-state index contributed by atoms with van der Waals surface area (Å²) in [6, 6.07) is 21.7. The van der Waals surface area contributed by atoms with Crippen molar-refractivity contribution in [2.45, 2.75) is 13.0 Å². The van der Waals surface area contributed by atoms with Crippen LogP contribution in [-0.4, -0.2) is 22.4 Å². The SMILES string of the molecule is O=C(Nc1cccc2cccnc12)c1ccnc(N2CCc3ccccc3C2)c1. The molecule has 3 heterocycles. The Morgan fingerprint density at radius 2 is 1.76 bits per heavy atom. The minimum Gasteiger partial charge on any atom is -0.352 e. The zero-order chi connectivity index (χ0) is 19.6. The Morgan fingerprint density at radius 1 is 0.897 bits per heavy atom. The van der Waals surface area contributed by atoms with E-state index in [1.807, 2.05) is 36.4 Å². The van der Waals surface area contributed by atoms with Gasteiger partial charge in [-0.2, -0.15) is 0 Å². The van der Waals surface area contributed by atoms with Crippen LogP contribution in [0.4, 0.5) is 11.5 Å². The molecule has 0 spiro atoms. The molecule has 5 nitrogen and oxygen atoms in total. The van der Waals surface area contributed by atoms with E-state index < -0.39 is 0 Å². The summed E-state index contributed by atoms with van der Waals surface area (Å²) in [5, 5.41) is 3.99. The van der Waals surface area contributed by atoms with E-state index in [2.05, 4.69) is 44.5 Å². The molecule has 1 aliphatic rings. The first-order valence-electron chi connectivity index (χ1n) is 9.71. The van der Waals surface area contributed by atoms with Crippen LogP contribution in [0.1, 0.15) is 21.5 Å². The molecule has 5 heteroatoms. The van der Waals surface area contributed by atoms with Gasteiger partial charge in [0, 0.05) is 36.4 Å². The number of aromatic nitrogens is 2. The predicted octanol–water partition coefficient (Wildman–Crippen LogP) is 4.44. The van der Waals surface area contributed by atoms with E-state index in [1.165, 1.54) is 11.1 Å². The summed E-state index contributed by atoms with van der Waals surface area (Å²) in [4.78, 5) is 24.0. The standard InChI is InChI=1S/C24H20N4O/c29-24(27-21-9-3-7-18-8-4-12-26-23(18)21)19-10-13-25-22(15-19)28-14-11-17-5-1-2-6-20(17)16-28/h1-10,12-13,15H,11,14,16H2,(H,27,29). The molecule has 4 aromatic rings. The van der Waals surface area contributed by atoms with Crippen LogP contribution in [-0.2, 0) is 13.0 Å². The molecule has 0 saturated carbocycles. The summed E-state index contributed by atoms with van der Waals surface area (Å²) >= 11 is 0. The molecule has 0 atom stereocenters. The van der Waals surface area contributed by atoms with E-state index in [9.17, 15) is 4.79 Å². The van der Waals surface area contributed by atoms with Crippen LogP contribution >= 0.6 is 0 Å². The van der Waals surface area contributed by atoms with Crippen LogP contribution in [0.15, 0.2) is 79.1 Å². The maximum Gasteiger partial charge on any atom is 0.255 e. The fourth-order valence-electron chi connectivity index (χ4n) is 3.82. The number of carbonyl (C=O) groups excluding carboxylic acids is 1. The molecule has 2 aromatic carbocycles. The second kappa shape index (κ2) is 7.36. The van der Waals surface area contributed by atoms with Crippen molar-refractivity contribution in [3.63, 3.8) is 0 Å². The van der Waals surface area contributed by atoms with Gasteiger partial charge in [-0.15, -0.1) is 0 Å². The highest BCUT2D eigenvalue weighted by Gasteiger charge is 2.18. The van der Waals surface area contributed by atoms with Gasteiger partial charge in [-0.3, -0.25) is 9.78 Å². The predicted molar refractivity (Wildman–Crippen MR) is 115 cm³/mol. The molecule has 5 rings (SSSR count). The van der Waals surface area contributed by atoms with E-state index in [1.54, 1.807) is 18.5 Å². The number of hydrogen-bond donors (Lipinski definition) is 1. The summed E-state index contributed by atoms with van der Waals surface area (Å²) in [5.41, 5.74) is 4.78. The summed E-state index contributed by atoms with van der Waals surface area (Å²) in [6.07, 6.45) is 4.42. The third-order valence-electron chi connectivity index (χ3n) is 5.34. The molecule has 1 amide bonds. The van der Waals surface area contributed by atoms with Crippen LogP contribution in [0.5, 0.6) is 0 Å². The Labute approximate surface area is 169 Å². The average Bonchev–Trinajstić information content (AvgIpc) is 2.79. The Kier molecular flexibility index (Phi) is 4.41. The largest absolute Gasteiger partial charge is 0.352 e. The molecule has 0 unspecified atom stereocenters. The number of benzene rings is 2. The van der Waals surface area contributed by atoms with Crippen LogP contribution in [0.2, 0.25) is 0 Å². The van der Waals surface area contributed by atoms with Crippen molar-refractivity contribution in [2.24, 2.45) is 0 Å². The summed E-state index contributed by atoms with van der Waals surface area (Å²) in [5.74, 6) is 0.660. The van der Waals surface area contributed by atoms with Crippen molar-refractivity contribution in [1.29, 1.82) is 0 Å². The molecule has 0 saturated heterocycles. The lowest BCUT2D eigenvalue weighted by Gasteiger charge is -2.29. The van der Waals surface area contributed by atoms with Gasteiger partial charge in [0.2, 0.25) is 0 Å². The highest BCUT2D eigenvalue weighted by Crippen LogP contribution is 2.25. The summed E-state index contributed by atoms with van der Waals surface area (Å²) in [6.45, 7) is 1.70. The van der Waals surface area contributed by atoms with Gasteiger partial charge in [-0.1, -0.05) is 42.5 Å². The first-order chi connectivity index (χ1) is 14.3. The van der Waals surface area contributed by atoms with E-state index in [0.29, 0.717) is 11.3 Å². The third kappa shape index (κ3) is 3.43. The second-order valence-electron chi connectivity index (χ2n) is 7.18. The van der Waals surface area contributed by atoms with Gasteiger partial charge in [0.1, 0.15) is 5.82 Å². The topological polar surface area (TPSA) is 58.1 Å². The average molecular weight is 380 g/mol. The van der Waals surface area contributed by atoms with Crippen LogP contribution in [0.25, 0.3) is 10.9 Å². The number of nitrogens with one attached hydrogen (secondary N) is 1. The lowest BCUT2D eigenvalue weighted by molar-refractivity contribution is 0.102. The maximum absolute atomic E-state index is 12.9. The molecule has 1 N–H and O–H groups in total. The molecule has 0 aliphatic carbocycles. The van der Waals surface area contributed by atoms with Gasteiger partial charge in [0.25, 0.3) is 5.91 Å². The Morgan fingerprint density at radius 3 is 2.69 bits per heavy atom. The van der Waals surface area contributed by atoms with Crippen molar-refractivity contribution in [2.75, 3.05) is 16.8 Å². The lowest BCUT2D eigenvalue weighted by Crippen LogP contribution is -2.31. The van der Waals surface area contributed by atoms with Crippen LogP contribution < -0.4 is 10.2 Å². The van der Waals surface area contributed by atoms with E-state index in [4.69, 9.17) is 0 Å². The molecular formula is C24H20N4O. The van der Waals surface area contributed by atoms with Gasteiger partial charge in [-0.25, -0.2) is 4.98 Å². The zero-order valence-electron chi connectivity index (χ0n) is 15.9. The van der Waals surface area contributed by atoms with Crippen LogP contribution in [0, 0.1) is 0 Å². The third-order valence-corrected chi connectivity index (χ3v) is 5.34. The molecule has 2 aromatic heterocycles. The number of carbonyl (C=O) groups is 1. The highest BCUT2D eigenvalue weighted by molar-refractivity contribution is 6.08. The first-order valence-corrected chi connectivity index (χ1v) is 9.71. The number of anilines is 2. The number of pyridine rings is 2. The normalized spacial score (nSPS) is 13.2. The molecule has 0 radical (unpaired) electrons. The number of para-hydroxylation sites is 1. The number of amides is 1. The van der Waals surface area contributed by atoms with Gasteiger partial charge in [0.05, 0.1) is 11.2 Å². The van der Waals surface area contributed by atoms with E-state index >= 15 is 0 Å². The fourth-order valence-corrected chi connectivity index (χ4v) is 3.82. The molecule has 142 valence electrons. The second-order valence-corrected chi connectivity index (χ2v) is 7.18. The Bertz CT molecular complexity index is 1200. The minimum atomic E-state index is -0.163. The Balaban J connectivity index is 1.39. The maximum atomic E-state index is 12.9. The van der Waals surface area contributed by atoms with E-state index in [0.717, 1.165) is 36.2 Å². The molecule has 1 aliphatic heterocycles. The fraction of sp³-hybridized carbons (Fsp3) is 0.125. The number of rotatable bonds is 3. The lowest BCUT2D eigenvalue weighted by atomic mass is 10.00. The van der Waals surface area contributed by atoms with Gasteiger partial charge in [-0.05, 0) is 41.8 Å². The van der Waals surface area contributed by atoms with Crippen molar-refractivity contribution in [3.05, 3.63) is 95.8 Å². The zero-order valence-corrected chi connectivity index (χ0v) is 15.9. The number of fused-ring (bicyclic) bond motifs is 2. The number of nitrogens with zero attached hydrogens (tertiary/aromatic N) is 3. The summed E-state index contributed by atoms with van der Waals surface area (Å²) < 4.78 is 0. The Hall–Kier alpha value is -3.73. The molecule has 0 bridgehead atoms. The quantitative estimate of drug-likeness (QED) is 0.571. The molecular weight excluding hydrogens is 360 g/mol. The van der Waals surface area contributed by atoms with Crippen molar-refractivity contribution in [3.8, 4) is 0 Å². The van der Waals surface area contributed by atoms with Gasteiger partial charge in [0.15, 0.2) is 0 Å². The monoisotopic (exact) mass is 380 g/mol. The molecule has 29 heavy (non-hydrogen) atoms. The molecule has 0 fully saturated rings. The number of hydrogen-bond acceptors (Lipinski definition) is 4. The smallest absolute Gasteiger partial charge is 0.255 e.